The molecule has 0 amide bonds. The van der Waals surface area contributed by atoms with Crippen LogP contribution >= 0.6 is 22.6 Å². The normalized spacial score (nSPS) is 10.6. The van der Waals surface area contributed by atoms with Crippen LogP contribution < -0.4 is 5.56 Å². The Morgan fingerprint density at radius 2 is 2.24 bits per heavy atom. The van der Waals surface area contributed by atoms with E-state index in [1.807, 2.05) is 0 Å². The molecular weight excluding hydrogens is 347 g/mol. The van der Waals surface area contributed by atoms with Crippen molar-refractivity contribution in [2.75, 3.05) is 6.61 Å². The fraction of sp³-hybridized carbons (Fsp3) is 0.400. The van der Waals surface area contributed by atoms with Gasteiger partial charge in [0.2, 0.25) is 0 Å². The van der Waals surface area contributed by atoms with Gasteiger partial charge in [0, 0.05) is 0 Å². The fourth-order valence-corrected chi connectivity index (χ4v) is 1.82. The van der Waals surface area contributed by atoms with Gasteiger partial charge in [-0.25, -0.2) is 8.78 Å². The van der Waals surface area contributed by atoms with Crippen LogP contribution in [0.3, 0.4) is 0 Å². The third-order valence-corrected chi connectivity index (χ3v) is 2.93. The Hall–Kier alpha value is -0.990. The van der Waals surface area contributed by atoms with Gasteiger partial charge in [-0.1, -0.05) is 0 Å². The maximum atomic E-state index is 12.5. The highest BCUT2D eigenvalue weighted by atomic mass is 127. The molecule has 4 nitrogen and oxygen atoms in total. The van der Waals surface area contributed by atoms with Crippen LogP contribution in [0.25, 0.3) is 0 Å². The molecule has 1 aromatic heterocycles. The monoisotopic (exact) mass is 357 g/mol. The summed E-state index contributed by atoms with van der Waals surface area (Å²) in [6, 6.07) is 1.04. The molecule has 0 aliphatic heterocycles. The molecule has 0 atom stereocenters. The highest BCUT2D eigenvalue weighted by molar-refractivity contribution is 14.1. The zero-order chi connectivity index (χ0) is 13.0. The van der Waals surface area contributed by atoms with Gasteiger partial charge in [0.1, 0.15) is 0 Å². The van der Waals surface area contributed by atoms with Crippen molar-refractivity contribution in [2.24, 2.45) is 0 Å². The topological polar surface area (TPSA) is 59.2 Å². The Bertz CT molecular complexity index is 473. The zero-order valence-corrected chi connectivity index (χ0v) is 11.1. The summed E-state index contributed by atoms with van der Waals surface area (Å²) in [5.41, 5.74) is -1.14. The van der Waals surface area contributed by atoms with Crippen molar-refractivity contribution in [1.82, 2.24) is 4.98 Å². The van der Waals surface area contributed by atoms with Crippen molar-refractivity contribution in [1.29, 1.82) is 0 Å². The number of ether oxygens (including phenoxy) is 1. The predicted molar refractivity (Wildman–Crippen MR) is 65.1 cm³/mol. The minimum atomic E-state index is -2.86. The molecule has 0 aliphatic carbocycles. The highest BCUT2D eigenvalue weighted by Crippen LogP contribution is 2.18. The van der Waals surface area contributed by atoms with E-state index in [0.29, 0.717) is 9.26 Å². The van der Waals surface area contributed by atoms with Crippen LogP contribution in [-0.4, -0.2) is 17.6 Å². The van der Waals surface area contributed by atoms with Crippen LogP contribution in [0, 0.1) is 3.70 Å². The minimum absolute atomic E-state index is 0.136. The van der Waals surface area contributed by atoms with Gasteiger partial charge >= 0.3 is 5.97 Å². The van der Waals surface area contributed by atoms with E-state index in [1.165, 1.54) is 0 Å². The van der Waals surface area contributed by atoms with E-state index in [2.05, 4.69) is 4.98 Å². The molecule has 0 fully saturated rings. The van der Waals surface area contributed by atoms with E-state index >= 15 is 0 Å². The number of H-pyrrole nitrogens is 1. The first kappa shape index (κ1) is 14.1. The van der Waals surface area contributed by atoms with Crippen LogP contribution in [0.4, 0.5) is 8.78 Å². The van der Waals surface area contributed by atoms with Crippen LogP contribution in [-0.2, 0) is 16.0 Å². The SMILES string of the molecule is CCOC(=O)Cc1cc(C(F)F)c(=O)[nH]c1I. The number of pyridine rings is 1. The highest BCUT2D eigenvalue weighted by Gasteiger charge is 2.16. The fourth-order valence-electron chi connectivity index (χ4n) is 1.23. The third-order valence-electron chi connectivity index (χ3n) is 1.97. The second-order valence-electron chi connectivity index (χ2n) is 3.18. The number of alkyl halides is 2. The van der Waals surface area contributed by atoms with Crippen LogP contribution in [0.1, 0.15) is 24.5 Å². The van der Waals surface area contributed by atoms with E-state index in [4.69, 9.17) is 4.74 Å². The van der Waals surface area contributed by atoms with Gasteiger partial charge in [-0.2, -0.15) is 0 Å². The van der Waals surface area contributed by atoms with Crippen LogP contribution in [0.5, 0.6) is 0 Å². The summed E-state index contributed by atoms with van der Waals surface area (Å²) in [5, 5.41) is 0. The number of halogens is 3. The van der Waals surface area contributed by atoms with E-state index in [-0.39, 0.29) is 13.0 Å². The molecule has 0 unspecified atom stereocenters. The first-order valence-electron chi connectivity index (χ1n) is 4.81. The number of rotatable bonds is 4. The number of aromatic amines is 1. The van der Waals surface area contributed by atoms with Gasteiger partial charge in [-0.3, -0.25) is 9.59 Å². The van der Waals surface area contributed by atoms with Crippen molar-refractivity contribution in [3.05, 3.63) is 31.2 Å². The van der Waals surface area contributed by atoms with Gasteiger partial charge in [-0.15, -0.1) is 0 Å². The largest absolute Gasteiger partial charge is 0.466 e. The molecular formula is C10H10F2INO3. The lowest BCUT2D eigenvalue weighted by atomic mass is 10.1. The second kappa shape index (κ2) is 6.08. The van der Waals surface area contributed by atoms with Crippen LogP contribution in [0.2, 0.25) is 0 Å². The number of aromatic nitrogens is 1. The molecule has 7 heteroatoms. The summed E-state index contributed by atoms with van der Waals surface area (Å²) < 4.78 is 30.0. The second-order valence-corrected chi connectivity index (χ2v) is 4.25. The maximum Gasteiger partial charge on any atom is 0.310 e. The molecule has 94 valence electrons. The van der Waals surface area contributed by atoms with Crippen molar-refractivity contribution in [3.63, 3.8) is 0 Å². The predicted octanol–water partition coefficient (Wildman–Crippen LogP) is 2.02. The summed E-state index contributed by atoms with van der Waals surface area (Å²) >= 11 is 1.78. The number of hydrogen-bond donors (Lipinski definition) is 1. The van der Waals surface area contributed by atoms with Crippen LogP contribution in [0.15, 0.2) is 10.9 Å². The summed E-state index contributed by atoms with van der Waals surface area (Å²) in [4.78, 5) is 24.7. The molecule has 0 aromatic carbocycles. The van der Waals surface area contributed by atoms with E-state index in [0.717, 1.165) is 6.07 Å². The number of carbonyl (C=O) groups is 1. The number of nitrogens with one attached hydrogen (secondary N) is 1. The van der Waals surface area contributed by atoms with E-state index < -0.39 is 23.5 Å². The average Bonchev–Trinajstić information content (AvgIpc) is 2.21. The smallest absolute Gasteiger partial charge is 0.310 e. The maximum absolute atomic E-state index is 12.5. The summed E-state index contributed by atoms with van der Waals surface area (Å²) in [7, 11) is 0. The molecule has 1 heterocycles. The zero-order valence-electron chi connectivity index (χ0n) is 8.93. The average molecular weight is 357 g/mol. The molecule has 0 radical (unpaired) electrons. The van der Waals surface area contributed by atoms with Crippen molar-refractivity contribution < 1.29 is 18.3 Å². The molecule has 1 aromatic rings. The van der Waals surface area contributed by atoms with Gasteiger partial charge in [0.05, 0.1) is 22.3 Å². The van der Waals surface area contributed by atoms with E-state index in [9.17, 15) is 18.4 Å². The quantitative estimate of drug-likeness (QED) is 0.510. The molecule has 0 saturated carbocycles. The Labute approximate surface area is 110 Å². The summed E-state index contributed by atoms with van der Waals surface area (Å²) in [5.74, 6) is -0.516. The number of carbonyl (C=O) groups excluding carboxylic acids is 1. The lowest BCUT2D eigenvalue weighted by Crippen LogP contribution is -2.18. The minimum Gasteiger partial charge on any atom is -0.466 e. The van der Waals surface area contributed by atoms with Crippen molar-refractivity contribution in [3.8, 4) is 0 Å². The molecule has 1 N–H and O–H groups in total. The van der Waals surface area contributed by atoms with Crippen molar-refractivity contribution in [2.45, 2.75) is 19.8 Å². The third kappa shape index (κ3) is 3.76. The molecule has 0 bridgehead atoms. The Kier molecular flexibility index (Phi) is 5.03. The molecule has 1 rings (SSSR count). The number of esters is 1. The first-order valence-corrected chi connectivity index (χ1v) is 5.89. The van der Waals surface area contributed by atoms with Crippen molar-refractivity contribution >= 4 is 28.6 Å². The summed E-state index contributed by atoms with van der Waals surface area (Å²) in [6.07, 6.45) is -3.00. The Morgan fingerprint density at radius 3 is 2.76 bits per heavy atom. The Morgan fingerprint density at radius 1 is 1.59 bits per heavy atom. The van der Waals surface area contributed by atoms with E-state index in [1.54, 1.807) is 29.5 Å². The van der Waals surface area contributed by atoms with Gasteiger partial charge in [0.25, 0.3) is 12.0 Å². The summed E-state index contributed by atoms with van der Waals surface area (Å²) in [6.45, 7) is 1.88. The molecule has 0 saturated heterocycles. The lowest BCUT2D eigenvalue weighted by Gasteiger charge is -2.06. The molecule has 0 aliphatic rings. The van der Waals surface area contributed by atoms with Gasteiger partial charge in [-0.05, 0) is 41.1 Å². The number of hydrogen-bond acceptors (Lipinski definition) is 3. The van der Waals surface area contributed by atoms with Gasteiger partial charge < -0.3 is 9.72 Å². The Balaban J connectivity index is 3.04. The lowest BCUT2D eigenvalue weighted by molar-refractivity contribution is -0.142. The first-order chi connectivity index (χ1) is 7.95. The van der Waals surface area contributed by atoms with Gasteiger partial charge in [0.15, 0.2) is 0 Å². The molecule has 0 spiro atoms. The standard InChI is InChI=1S/C10H10F2INO3/c1-2-17-7(15)4-5-3-6(8(11)12)10(16)14-9(5)13/h3,8H,2,4H2,1H3,(H,14,16). The molecule has 17 heavy (non-hydrogen) atoms.